The Hall–Kier alpha value is -1.20. The topological polar surface area (TPSA) is 14.2 Å². The second-order valence-corrected chi connectivity index (χ2v) is 4.02. The van der Waals surface area contributed by atoms with Crippen molar-refractivity contribution in [3.05, 3.63) is 35.5 Å². The minimum absolute atomic E-state index is 0.134. The van der Waals surface area contributed by atoms with Gasteiger partial charge in [0.2, 0.25) is 0 Å². The van der Waals surface area contributed by atoms with E-state index in [9.17, 15) is 13.2 Å². The molecule has 0 N–H and O–H groups in total. The van der Waals surface area contributed by atoms with Crippen molar-refractivity contribution in [2.45, 2.75) is 12.9 Å². The Labute approximate surface area is 101 Å². The highest BCUT2D eigenvalue weighted by atomic mass is 35.5. The van der Waals surface area contributed by atoms with Gasteiger partial charge in [-0.25, -0.2) is 0 Å². The van der Waals surface area contributed by atoms with Crippen molar-refractivity contribution in [2.75, 3.05) is 6.61 Å². The molecule has 17 heavy (non-hydrogen) atoms. The molecule has 0 amide bonds. The summed E-state index contributed by atoms with van der Waals surface area (Å²) in [6.45, 7) is -1.38. The van der Waals surface area contributed by atoms with Crippen molar-refractivity contribution in [1.82, 2.24) is 4.57 Å². The van der Waals surface area contributed by atoms with Crippen LogP contribution in [0.2, 0.25) is 5.02 Å². The molecule has 1 aromatic carbocycles. The molecule has 1 aromatic heterocycles. The molecule has 0 spiro atoms. The summed E-state index contributed by atoms with van der Waals surface area (Å²) < 4.78 is 41.9. The zero-order chi connectivity index (χ0) is 12.5. The molecule has 0 saturated carbocycles. The molecule has 92 valence electrons. The number of hydrogen-bond donors (Lipinski definition) is 0. The Bertz CT molecular complexity index is 521. The summed E-state index contributed by atoms with van der Waals surface area (Å²) in [5.41, 5.74) is 0.788. The van der Waals surface area contributed by atoms with Crippen LogP contribution in [0, 0.1) is 0 Å². The van der Waals surface area contributed by atoms with Crippen LogP contribution in [0.5, 0.6) is 0 Å². The molecule has 0 aliphatic heterocycles. The smallest absolute Gasteiger partial charge is 0.351 e. The first-order valence-electron chi connectivity index (χ1n) is 4.84. The second kappa shape index (κ2) is 4.58. The summed E-state index contributed by atoms with van der Waals surface area (Å²) in [5.74, 6) is 0. The van der Waals surface area contributed by atoms with Crippen molar-refractivity contribution in [3.8, 4) is 0 Å². The van der Waals surface area contributed by atoms with Crippen LogP contribution in [-0.4, -0.2) is 17.4 Å². The average molecular weight is 264 g/mol. The van der Waals surface area contributed by atoms with Crippen molar-refractivity contribution in [2.24, 2.45) is 0 Å². The minimum Gasteiger partial charge on any atom is -0.351 e. The van der Waals surface area contributed by atoms with Crippen LogP contribution in [0.1, 0.15) is 0 Å². The molecule has 0 atom stereocenters. The maximum atomic E-state index is 11.9. The van der Waals surface area contributed by atoms with E-state index < -0.39 is 12.8 Å². The number of fused-ring (bicyclic) bond motifs is 1. The average Bonchev–Trinajstić information content (AvgIpc) is 2.59. The predicted octanol–water partition coefficient (Wildman–Crippen LogP) is 3.83. The van der Waals surface area contributed by atoms with E-state index in [1.54, 1.807) is 35.0 Å². The fourth-order valence-electron chi connectivity index (χ4n) is 1.54. The van der Waals surface area contributed by atoms with Gasteiger partial charge in [0.05, 0.1) is 5.52 Å². The predicted molar refractivity (Wildman–Crippen MR) is 59.0 cm³/mol. The second-order valence-electron chi connectivity index (χ2n) is 3.58. The maximum absolute atomic E-state index is 11.9. The van der Waals surface area contributed by atoms with Gasteiger partial charge in [-0.2, -0.15) is 13.2 Å². The number of hydrogen-bond acceptors (Lipinski definition) is 1. The summed E-state index contributed by atoms with van der Waals surface area (Å²) in [4.78, 5) is 0. The normalized spacial score (nSPS) is 12.2. The van der Waals surface area contributed by atoms with E-state index in [0.29, 0.717) is 5.02 Å². The fraction of sp³-hybridized carbons (Fsp3) is 0.273. The third kappa shape index (κ3) is 3.14. The van der Waals surface area contributed by atoms with Crippen LogP contribution in [0.25, 0.3) is 10.9 Å². The largest absolute Gasteiger partial charge is 0.411 e. The van der Waals surface area contributed by atoms with E-state index in [1.807, 2.05) is 0 Å². The number of halogens is 4. The molecule has 0 bridgehead atoms. The summed E-state index contributed by atoms with van der Waals surface area (Å²) >= 11 is 5.80. The number of aromatic nitrogens is 1. The lowest BCUT2D eigenvalue weighted by Gasteiger charge is -2.09. The Kier molecular flexibility index (Phi) is 3.31. The van der Waals surface area contributed by atoms with Crippen molar-refractivity contribution >= 4 is 22.5 Å². The lowest BCUT2D eigenvalue weighted by molar-refractivity contribution is -0.181. The number of alkyl halides is 3. The zero-order valence-corrected chi connectivity index (χ0v) is 9.42. The van der Waals surface area contributed by atoms with Gasteiger partial charge in [0.15, 0.2) is 0 Å². The molecule has 2 rings (SSSR count). The van der Waals surface area contributed by atoms with Gasteiger partial charge in [-0.05, 0) is 24.3 Å². The number of benzene rings is 1. The number of nitrogens with zero attached hydrogens (tertiary/aromatic N) is 1. The van der Waals surface area contributed by atoms with Crippen molar-refractivity contribution < 1.29 is 17.9 Å². The Morgan fingerprint density at radius 1 is 1.24 bits per heavy atom. The molecule has 2 aromatic rings. The van der Waals surface area contributed by atoms with E-state index in [0.717, 1.165) is 10.9 Å². The Balaban J connectivity index is 2.09. The third-order valence-corrected chi connectivity index (χ3v) is 2.46. The number of rotatable bonds is 3. The van der Waals surface area contributed by atoms with E-state index in [4.69, 9.17) is 11.6 Å². The first-order valence-corrected chi connectivity index (χ1v) is 5.22. The molecule has 0 fully saturated rings. The fourth-order valence-corrected chi connectivity index (χ4v) is 1.72. The monoisotopic (exact) mass is 263 g/mol. The quantitative estimate of drug-likeness (QED) is 0.821. The molecule has 6 heteroatoms. The molecule has 0 aliphatic carbocycles. The van der Waals surface area contributed by atoms with Gasteiger partial charge < -0.3 is 9.30 Å². The molecular formula is C11H9ClF3NO. The zero-order valence-electron chi connectivity index (χ0n) is 8.67. The van der Waals surface area contributed by atoms with Gasteiger partial charge in [-0.15, -0.1) is 0 Å². The third-order valence-electron chi connectivity index (χ3n) is 2.23. The molecular weight excluding hydrogens is 255 g/mol. The first kappa shape index (κ1) is 12.3. The lowest BCUT2D eigenvalue weighted by Crippen LogP contribution is -2.18. The van der Waals surface area contributed by atoms with Gasteiger partial charge in [-0.3, -0.25) is 0 Å². The van der Waals surface area contributed by atoms with E-state index in [-0.39, 0.29) is 6.73 Å². The lowest BCUT2D eigenvalue weighted by atomic mass is 10.2. The van der Waals surface area contributed by atoms with Gasteiger partial charge in [0, 0.05) is 16.6 Å². The van der Waals surface area contributed by atoms with Crippen molar-refractivity contribution in [1.29, 1.82) is 0 Å². The van der Waals surface area contributed by atoms with Gasteiger partial charge in [-0.1, -0.05) is 11.6 Å². The maximum Gasteiger partial charge on any atom is 0.411 e. The van der Waals surface area contributed by atoms with Gasteiger partial charge in [0.25, 0.3) is 0 Å². The van der Waals surface area contributed by atoms with E-state index >= 15 is 0 Å². The summed E-state index contributed by atoms with van der Waals surface area (Å²) in [5, 5.41) is 1.46. The molecule has 2 nitrogen and oxygen atoms in total. The highest BCUT2D eigenvalue weighted by molar-refractivity contribution is 6.31. The van der Waals surface area contributed by atoms with E-state index in [2.05, 4.69) is 4.74 Å². The van der Waals surface area contributed by atoms with Crippen LogP contribution in [-0.2, 0) is 11.5 Å². The minimum atomic E-state index is -4.30. The number of ether oxygens (including phenoxy) is 1. The highest BCUT2D eigenvalue weighted by Crippen LogP contribution is 2.21. The van der Waals surface area contributed by atoms with Crippen LogP contribution >= 0.6 is 11.6 Å². The molecule has 1 heterocycles. The standard InChI is InChI=1S/C11H9ClF3NO/c12-9-1-2-10-8(5-9)3-4-16(10)7-17-6-11(13,14)15/h1-5H,6-7H2. The SMILES string of the molecule is FC(F)(F)COCn1ccc2cc(Cl)ccc21. The first-order chi connectivity index (χ1) is 7.96. The van der Waals surface area contributed by atoms with Gasteiger partial charge >= 0.3 is 6.18 Å². The van der Waals surface area contributed by atoms with Crippen molar-refractivity contribution in [3.63, 3.8) is 0 Å². The van der Waals surface area contributed by atoms with Gasteiger partial charge in [0.1, 0.15) is 13.3 Å². The molecule has 0 radical (unpaired) electrons. The Morgan fingerprint density at radius 2 is 2.00 bits per heavy atom. The molecule has 0 aliphatic rings. The molecule has 0 saturated heterocycles. The highest BCUT2D eigenvalue weighted by Gasteiger charge is 2.27. The molecule has 0 unspecified atom stereocenters. The Morgan fingerprint density at radius 3 is 2.71 bits per heavy atom. The van der Waals surface area contributed by atoms with Crippen LogP contribution in [0.15, 0.2) is 30.5 Å². The summed E-state index contributed by atoms with van der Waals surface area (Å²) in [7, 11) is 0. The van der Waals surface area contributed by atoms with E-state index in [1.165, 1.54) is 0 Å². The van der Waals surface area contributed by atoms with Crippen LogP contribution in [0.4, 0.5) is 13.2 Å². The summed E-state index contributed by atoms with van der Waals surface area (Å²) in [6.07, 6.45) is -2.64. The van der Waals surface area contributed by atoms with Crippen LogP contribution in [0.3, 0.4) is 0 Å². The summed E-state index contributed by atoms with van der Waals surface area (Å²) in [6, 6.07) is 6.95. The van der Waals surface area contributed by atoms with Crippen LogP contribution < -0.4 is 0 Å².